The number of halogens is 1. The lowest BCUT2D eigenvalue weighted by Gasteiger charge is -2.10. The Morgan fingerprint density at radius 2 is 2.00 bits per heavy atom. The zero-order chi connectivity index (χ0) is 12.0. The minimum Gasteiger partial charge on any atom is -0.491 e. The van der Waals surface area contributed by atoms with E-state index in [-0.39, 0.29) is 6.61 Å². The smallest absolute Gasteiger partial charge is 0.294 e. The third-order valence-electron chi connectivity index (χ3n) is 1.63. The molecule has 0 saturated carbocycles. The molecule has 1 N–H and O–H groups in total. The Morgan fingerprint density at radius 3 is 2.56 bits per heavy atom. The Labute approximate surface area is 96.5 Å². The molecule has 0 amide bonds. The number of hydrogen-bond acceptors (Lipinski definition) is 5. The lowest BCUT2D eigenvalue weighted by Crippen LogP contribution is -2.24. The molecule has 6 nitrogen and oxygen atoms in total. The summed E-state index contributed by atoms with van der Waals surface area (Å²) in [5, 5.41) is 18.7. The topological polar surface area (TPSA) is 81.8 Å². The average molecular weight is 248 g/mol. The lowest BCUT2D eigenvalue weighted by molar-refractivity contribution is -0.759. The van der Waals surface area contributed by atoms with Gasteiger partial charge in [0.05, 0.1) is 0 Å². The van der Waals surface area contributed by atoms with Crippen LogP contribution in [0, 0.1) is 10.1 Å². The van der Waals surface area contributed by atoms with Crippen molar-refractivity contribution in [3.8, 4) is 5.75 Å². The third kappa shape index (κ3) is 4.81. The highest BCUT2D eigenvalue weighted by Gasteiger charge is 2.07. The van der Waals surface area contributed by atoms with Crippen molar-refractivity contribution in [2.24, 2.45) is 0 Å². The second kappa shape index (κ2) is 6.14. The van der Waals surface area contributed by atoms with Crippen LogP contribution in [0.5, 0.6) is 5.75 Å². The van der Waals surface area contributed by atoms with E-state index in [4.69, 9.17) is 16.3 Å². The van der Waals surface area contributed by atoms with Crippen molar-refractivity contribution in [1.82, 2.24) is 0 Å². The van der Waals surface area contributed by atoms with Gasteiger partial charge >= 0.3 is 0 Å². The van der Waals surface area contributed by atoms with Gasteiger partial charge in [-0.15, -0.1) is 10.1 Å². The fourth-order valence-electron chi connectivity index (χ4n) is 0.918. The van der Waals surface area contributed by atoms with Gasteiger partial charge in [-0.2, -0.15) is 0 Å². The van der Waals surface area contributed by atoms with Crippen molar-refractivity contribution < 1.29 is 19.8 Å². The van der Waals surface area contributed by atoms with E-state index in [0.717, 1.165) is 0 Å². The fourth-order valence-corrected chi connectivity index (χ4v) is 1.04. The first kappa shape index (κ1) is 12.5. The minimum absolute atomic E-state index is 0.0878. The zero-order valence-electron chi connectivity index (χ0n) is 8.21. The normalized spacial score (nSPS) is 11.9. The minimum atomic E-state index is -1.05. The van der Waals surface area contributed by atoms with Crippen molar-refractivity contribution in [3.63, 3.8) is 0 Å². The molecule has 0 aromatic heterocycles. The quantitative estimate of drug-likeness (QED) is 0.605. The first-order valence-electron chi connectivity index (χ1n) is 4.41. The lowest BCUT2D eigenvalue weighted by atomic mass is 10.3. The predicted molar refractivity (Wildman–Crippen MR) is 55.9 cm³/mol. The summed E-state index contributed by atoms with van der Waals surface area (Å²) in [5.74, 6) is 0.518. The highest BCUT2D eigenvalue weighted by atomic mass is 35.5. The maximum Gasteiger partial charge on any atom is 0.294 e. The molecule has 1 atom stereocenters. The van der Waals surface area contributed by atoms with E-state index in [1.807, 2.05) is 0 Å². The standard InChI is InChI=1S/C9H10ClNO5/c10-7-1-3-9(4-2-7)15-5-8(12)6-16-11(13)14/h1-4,8,12H,5-6H2/t8-/m0/s1. The summed E-state index contributed by atoms with van der Waals surface area (Å²) >= 11 is 5.66. The van der Waals surface area contributed by atoms with Gasteiger partial charge in [-0.25, -0.2) is 0 Å². The van der Waals surface area contributed by atoms with Gasteiger partial charge in [-0.05, 0) is 24.3 Å². The van der Waals surface area contributed by atoms with Gasteiger partial charge in [0, 0.05) is 5.02 Å². The molecule has 1 rings (SSSR count). The molecular weight excluding hydrogens is 238 g/mol. The van der Waals surface area contributed by atoms with Gasteiger partial charge in [0.1, 0.15) is 25.1 Å². The molecule has 0 aliphatic carbocycles. The first-order valence-corrected chi connectivity index (χ1v) is 4.79. The number of ether oxygens (including phenoxy) is 1. The molecule has 88 valence electrons. The highest BCUT2D eigenvalue weighted by Crippen LogP contribution is 2.15. The van der Waals surface area contributed by atoms with Crippen molar-refractivity contribution in [1.29, 1.82) is 0 Å². The van der Waals surface area contributed by atoms with Crippen LogP contribution in [0.3, 0.4) is 0 Å². The average Bonchev–Trinajstić information content (AvgIpc) is 2.25. The van der Waals surface area contributed by atoms with E-state index in [1.54, 1.807) is 24.3 Å². The molecule has 1 aromatic carbocycles. The Bertz CT molecular complexity index is 342. The van der Waals surface area contributed by atoms with Crippen LogP contribution in [-0.4, -0.2) is 29.5 Å². The molecule has 0 aliphatic heterocycles. The molecule has 0 fully saturated rings. The molecule has 0 bridgehead atoms. The summed E-state index contributed by atoms with van der Waals surface area (Å²) in [6.45, 7) is -0.504. The van der Waals surface area contributed by atoms with E-state index < -0.39 is 17.8 Å². The van der Waals surface area contributed by atoms with Gasteiger partial charge in [-0.3, -0.25) is 0 Å². The van der Waals surface area contributed by atoms with E-state index in [0.29, 0.717) is 10.8 Å². The van der Waals surface area contributed by atoms with E-state index in [1.165, 1.54) is 0 Å². The highest BCUT2D eigenvalue weighted by molar-refractivity contribution is 6.30. The number of benzene rings is 1. The number of aliphatic hydroxyl groups is 1. The van der Waals surface area contributed by atoms with Crippen molar-refractivity contribution in [2.45, 2.75) is 6.10 Å². The molecule has 7 heteroatoms. The number of hydrogen-bond donors (Lipinski definition) is 1. The Hall–Kier alpha value is -1.53. The van der Waals surface area contributed by atoms with Crippen LogP contribution in [0.4, 0.5) is 0 Å². The fraction of sp³-hybridized carbons (Fsp3) is 0.333. The van der Waals surface area contributed by atoms with Crippen molar-refractivity contribution in [3.05, 3.63) is 39.4 Å². The Kier molecular flexibility index (Phi) is 4.81. The zero-order valence-corrected chi connectivity index (χ0v) is 8.96. The molecular formula is C9H10ClNO5. The van der Waals surface area contributed by atoms with Crippen LogP contribution in [0.15, 0.2) is 24.3 Å². The molecule has 16 heavy (non-hydrogen) atoms. The Balaban J connectivity index is 2.28. The van der Waals surface area contributed by atoms with E-state index in [9.17, 15) is 15.2 Å². The molecule has 0 spiro atoms. The third-order valence-corrected chi connectivity index (χ3v) is 1.88. The summed E-state index contributed by atoms with van der Waals surface area (Å²) in [7, 11) is 0. The summed E-state index contributed by atoms with van der Waals surface area (Å²) in [5.41, 5.74) is 0. The molecule has 1 aromatic rings. The summed E-state index contributed by atoms with van der Waals surface area (Å²) < 4.78 is 5.14. The van der Waals surface area contributed by atoms with Gasteiger partial charge in [-0.1, -0.05) is 11.6 Å². The van der Waals surface area contributed by atoms with Crippen LogP contribution in [0.25, 0.3) is 0 Å². The number of nitrogens with zero attached hydrogens (tertiary/aromatic N) is 1. The van der Waals surface area contributed by atoms with Gasteiger partial charge < -0.3 is 14.7 Å². The number of aliphatic hydroxyl groups excluding tert-OH is 1. The maximum atomic E-state index is 9.83. The van der Waals surface area contributed by atoms with Gasteiger partial charge in [0.15, 0.2) is 0 Å². The second-order valence-corrected chi connectivity index (χ2v) is 3.37. The van der Waals surface area contributed by atoms with Crippen molar-refractivity contribution in [2.75, 3.05) is 13.2 Å². The van der Waals surface area contributed by atoms with Crippen molar-refractivity contribution >= 4 is 11.6 Å². The molecule has 0 unspecified atom stereocenters. The van der Waals surface area contributed by atoms with Crippen LogP contribution in [0.2, 0.25) is 5.02 Å². The van der Waals surface area contributed by atoms with Crippen LogP contribution < -0.4 is 4.74 Å². The van der Waals surface area contributed by atoms with Crippen LogP contribution in [-0.2, 0) is 4.84 Å². The molecule has 0 radical (unpaired) electrons. The van der Waals surface area contributed by atoms with E-state index in [2.05, 4.69) is 4.84 Å². The summed E-state index contributed by atoms with van der Waals surface area (Å²) in [6, 6.07) is 6.53. The molecule has 0 heterocycles. The first-order chi connectivity index (χ1) is 7.58. The summed E-state index contributed by atoms with van der Waals surface area (Å²) in [4.78, 5) is 13.8. The second-order valence-electron chi connectivity index (χ2n) is 2.94. The Morgan fingerprint density at radius 1 is 1.38 bits per heavy atom. The molecule has 0 saturated heterocycles. The molecule has 0 aliphatic rings. The summed E-state index contributed by atoms with van der Waals surface area (Å²) in [6.07, 6.45) is -1.05. The number of rotatable bonds is 6. The van der Waals surface area contributed by atoms with Crippen LogP contribution in [0.1, 0.15) is 0 Å². The predicted octanol–water partition coefficient (Wildman–Crippen LogP) is 1.29. The van der Waals surface area contributed by atoms with E-state index >= 15 is 0 Å². The SMILES string of the molecule is O=[N+]([O-])OC[C@@H](O)COc1ccc(Cl)cc1. The monoisotopic (exact) mass is 247 g/mol. The largest absolute Gasteiger partial charge is 0.491 e. The van der Waals surface area contributed by atoms with Crippen LogP contribution >= 0.6 is 11.6 Å². The maximum absolute atomic E-state index is 9.83. The van der Waals surface area contributed by atoms with Gasteiger partial charge in [0.25, 0.3) is 5.09 Å². The van der Waals surface area contributed by atoms with Gasteiger partial charge in [0.2, 0.25) is 0 Å².